The number of para-hydroxylation sites is 1. The lowest BCUT2D eigenvalue weighted by Gasteiger charge is -2.43. The third kappa shape index (κ3) is 5.71. The zero-order valence-corrected chi connectivity index (χ0v) is 22.6. The molecule has 3 aromatic carbocycles. The molecule has 5 rings (SSSR count). The molecule has 3 aromatic rings. The van der Waals surface area contributed by atoms with Crippen LogP contribution in [0.5, 0.6) is 0 Å². The fraction of sp³-hybridized carbons (Fsp3) is 0.300. The van der Waals surface area contributed by atoms with Crippen LogP contribution in [0.25, 0.3) is 0 Å². The Morgan fingerprint density at radius 2 is 1.54 bits per heavy atom. The number of hydrogen-bond acceptors (Lipinski definition) is 4. The van der Waals surface area contributed by atoms with E-state index in [1.54, 1.807) is 34.1 Å². The van der Waals surface area contributed by atoms with E-state index in [0.717, 1.165) is 11.3 Å². The average Bonchev–Trinajstić information content (AvgIpc) is 3.21. The first-order chi connectivity index (χ1) is 18.9. The highest BCUT2D eigenvalue weighted by molar-refractivity contribution is 6.30. The van der Waals surface area contributed by atoms with Crippen LogP contribution in [0.1, 0.15) is 31.4 Å². The first-order valence-corrected chi connectivity index (χ1v) is 13.5. The van der Waals surface area contributed by atoms with Gasteiger partial charge in [0.1, 0.15) is 12.1 Å². The Kier molecular flexibility index (Phi) is 7.74. The van der Waals surface area contributed by atoms with Crippen LogP contribution in [-0.2, 0) is 9.59 Å². The highest BCUT2D eigenvalue weighted by Gasteiger charge is 2.54. The summed E-state index contributed by atoms with van der Waals surface area (Å²) in [5.74, 6) is -0.281. The zero-order chi connectivity index (χ0) is 27.4. The number of anilines is 2. The summed E-state index contributed by atoms with van der Waals surface area (Å²) in [6, 6.07) is 26.1. The molecule has 39 heavy (non-hydrogen) atoms. The number of piperidine rings is 1. The van der Waals surface area contributed by atoms with E-state index < -0.39 is 5.54 Å². The first-order valence-electron chi connectivity index (χ1n) is 13.1. The Hall–Kier alpha value is -4.04. The molecule has 2 heterocycles. The van der Waals surface area contributed by atoms with Crippen LogP contribution in [0.2, 0.25) is 5.02 Å². The molecule has 0 aromatic heterocycles. The smallest absolute Gasteiger partial charge is 0.321 e. The molecule has 1 atom stereocenters. The van der Waals surface area contributed by atoms with Gasteiger partial charge in [0.05, 0.1) is 12.7 Å². The summed E-state index contributed by atoms with van der Waals surface area (Å²) >= 11 is 5.95. The minimum absolute atomic E-state index is 0.0259. The Balaban J connectivity index is 1.28. The van der Waals surface area contributed by atoms with Gasteiger partial charge in [-0.3, -0.25) is 9.59 Å². The van der Waals surface area contributed by atoms with E-state index in [0.29, 0.717) is 43.3 Å². The van der Waals surface area contributed by atoms with Gasteiger partial charge in [0, 0.05) is 29.5 Å². The SMILES string of the molecule is CC(NC(=O)CN1CN(c2ccccc2)C2(CCN(C(=O)Nc3ccc(Cl)cc3)CC2)C1=O)c1ccccc1. The standard InChI is InChI=1S/C30H32ClN5O3/c1-22(23-8-4-2-5-9-23)32-27(37)20-35-21-36(26-10-6-3-7-11-26)30(28(35)38)16-18-34(19-17-30)29(39)33-25-14-12-24(31)13-15-25/h2-15,22H,16-21H2,1H3,(H,32,37)(H,33,39). The molecule has 0 saturated carbocycles. The van der Waals surface area contributed by atoms with Gasteiger partial charge >= 0.3 is 6.03 Å². The number of urea groups is 1. The molecular weight excluding hydrogens is 514 g/mol. The lowest BCUT2D eigenvalue weighted by atomic mass is 9.85. The van der Waals surface area contributed by atoms with Gasteiger partial charge in [0.15, 0.2) is 0 Å². The molecule has 2 aliphatic heterocycles. The van der Waals surface area contributed by atoms with Crippen molar-refractivity contribution in [3.8, 4) is 0 Å². The summed E-state index contributed by atoms with van der Waals surface area (Å²) in [4.78, 5) is 45.3. The van der Waals surface area contributed by atoms with Gasteiger partial charge in [0.2, 0.25) is 5.91 Å². The molecule has 4 amide bonds. The van der Waals surface area contributed by atoms with Crippen LogP contribution in [0.3, 0.4) is 0 Å². The molecule has 9 heteroatoms. The summed E-state index contributed by atoms with van der Waals surface area (Å²) in [5.41, 5.74) is 1.77. The number of carbonyl (C=O) groups is 3. The summed E-state index contributed by atoms with van der Waals surface area (Å²) in [5, 5.41) is 6.52. The van der Waals surface area contributed by atoms with Crippen molar-refractivity contribution in [2.24, 2.45) is 0 Å². The topological polar surface area (TPSA) is 85.0 Å². The van der Waals surface area contributed by atoms with Crippen LogP contribution in [0, 0.1) is 0 Å². The van der Waals surface area contributed by atoms with Gasteiger partial charge in [-0.1, -0.05) is 60.1 Å². The van der Waals surface area contributed by atoms with Gasteiger partial charge in [-0.15, -0.1) is 0 Å². The second-order valence-electron chi connectivity index (χ2n) is 10.1. The van der Waals surface area contributed by atoms with E-state index in [9.17, 15) is 14.4 Å². The lowest BCUT2D eigenvalue weighted by molar-refractivity contribution is -0.137. The van der Waals surface area contributed by atoms with E-state index >= 15 is 0 Å². The average molecular weight is 546 g/mol. The second kappa shape index (κ2) is 11.4. The van der Waals surface area contributed by atoms with Gasteiger partial charge in [-0.05, 0) is 61.7 Å². The Bertz CT molecular complexity index is 1310. The third-order valence-electron chi connectivity index (χ3n) is 7.57. The maximum Gasteiger partial charge on any atom is 0.321 e. The number of benzene rings is 3. The van der Waals surface area contributed by atoms with Gasteiger partial charge in [-0.25, -0.2) is 4.79 Å². The molecule has 202 valence electrons. The predicted molar refractivity (Wildman–Crippen MR) is 153 cm³/mol. The minimum atomic E-state index is -0.816. The monoisotopic (exact) mass is 545 g/mol. The Morgan fingerprint density at radius 1 is 0.923 bits per heavy atom. The molecular formula is C30H32ClN5O3. The molecule has 2 N–H and O–H groups in total. The van der Waals surface area contributed by atoms with Gasteiger partial charge in [0.25, 0.3) is 5.91 Å². The Labute approximate surface area is 233 Å². The number of nitrogens with one attached hydrogen (secondary N) is 2. The van der Waals surface area contributed by atoms with Gasteiger partial charge in [-0.2, -0.15) is 0 Å². The number of likely N-dealkylation sites (tertiary alicyclic amines) is 1. The number of hydrogen-bond donors (Lipinski definition) is 2. The molecule has 2 saturated heterocycles. The fourth-order valence-corrected chi connectivity index (χ4v) is 5.55. The minimum Gasteiger partial charge on any atom is -0.348 e. The maximum atomic E-state index is 13.9. The molecule has 0 bridgehead atoms. The van der Waals surface area contributed by atoms with E-state index in [1.165, 1.54) is 0 Å². The van der Waals surface area contributed by atoms with Crippen molar-refractivity contribution in [3.63, 3.8) is 0 Å². The van der Waals surface area contributed by atoms with Crippen LogP contribution in [0.4, 0.5) is 16.2 Å². The molecule has 2 aliphatic rings. The zero-order valence-electron chi connectivity index (χ0n) is 21.8. The quantitative estimate of drug-likeness (QED) is 0.462. The van der Waals surface area contributed by atoms with E-state index in [4.69, 9.17) is 11.6 Å². The van der Waals surface area contributed by atoms with E-state index in [2.05, 4.69) is 15.5 Å². The van der Waals surface area contributed by atoms with Crippen LogP contribution >= 0.6 is 11.6 Å². The van der Waals surface area contributed by atoms with Crippen molar-refractivity contribution in [1.82, 2.24) is 15.1 Å². The van der Waals surface area contributed by atoms with Crippen LogP contribution in [-0.4, -0.2) is 59.5 Å². The first kappa shape index (κ1) is 26.6. The molecule has 8 nitrogen and oxygen atoms in total. The van der Waals surface area contributed by atoms with E-state index in [1.807, 2.05) is 67.6 Å². The number of halogens is 1. The van der Waals surface area contributed by atoms with Crippen LogP contribution < -0.4 is 15.5 Å². The van der Waals surface area contributed by atoms with Crippen molar-refractivity contribution in [2.75, 3.05) is 36.5 Å². The van der Waals surface area contributed by atoms with Crippen molar-refractivity contribution in [2.45, 2.75) is 31.3 Å². The normalized spacial score (nSPS) is 17.3. The highest BCUT2D eigenvalue weighted by atomic mass is 35.5. The lowest BCUT2D eigenvalue weighted by Crippen LogP contribution is -2.58. The summed E-state index contributed by atoms with van der Waals surface area (Å²) in [6.07, 6.45) is 0.931. The second-order valence-corrected chi connectivity index (χ2v) is 10.5. The molecule has 2 fully saturated rings. The molecule has 1 spiro atoms. The van der Waals surface area contributed by atoms with Crippen molar-refractivity contribution < 1.29 is 14.4 Å². The number of amides is 4. The number of carbonyl (C=O) groups excluding carboxylic acids is 3. The largest absolute Gasteiger partial charge is 0.348 e. The van der Waals surface area contributed by atoms with Crippen molar-refractivity contribution >= 4 is 40.8 Å². The molecule has 0 aliphatic carbocycles. The summed E-state index contributed by atoms with van der Waals surface area (Å²) in [6.45, 7) is 3.05. The van der Waals surface area contributed by atoms with Gasteiger partial charge < -0.3 is 25.3 Å². The molecule has 1 unspecified atom stereocenters. The van der Waals surface area contributed by atoms with Crippen molar-refractivity contribution in [3.05, 3.63) is 95.5 Å². The fourth-order valence-electron chi connectivity index (χ4n) is 5.42. The maximum absolute atomic E-state index is 13.9. The number of rotatable bonds is 6. The Morgan fingerprint density at radius 3 is 2.18 bits per heavy atom. The van der Waals surface area contributed by atoms with Crippen LogP contribution in [0.15, 0.2) is 84.9 Å². The predicted octanol–water partition coefficient (Wildman–Crippen LogP) is 4.89. The highest BCUT2D eigenvalue weighted by Crippen LogP contribution is 2.39. The van der Waals surface area contributed by atoms with Crippen molar-refractivity contribution in [1.29, 1.82) is 0 Å². The molecule has 0 radical (unpaired) electrons. The van der Waals surface area contributed by atoms with E-state index in [-0.39, 0.29) is 30.4 Å². The number of nitrogens with zero attached hydrogens (tertiary/aromatic N) is 3. The summed E-state index contributed by atoms with van der Waals surface area (Å²) in [7, 11) is 0. The third-order valence-corrected chi connectivity index (χ3v) is 7.82. The summed E-state index contributed by atoms with van der Waals surface area (Å²) < 4.78 is 0.